The third-order valence-electron chi connectivity index (χ3n) is 2.44. The van der Waals surface area contributed by atoms with E-state index in [2.05, 4.69) is 37.3 Å². The smallest absolute Gasteiger partial charge is 0.120 e. The molecule has 0 aliphatic heterocycles. The minimum atomic E-state index is 0.229. The van der Waals surface area contributed by atoms with Crippen molar-refractivity contribution in [3.8, 4) is 5.75 Å². The summed E-state index contributed by atoms with van der Waals surface area (Å²) in [5.41, 5.74) is 1.31. The molecule has 0 heterocycles. The Kier molecular flexibility index (Phi) is 2.63. The molecule has 0 aromatic heterocycles. The maximum atomic E-state index is 5.66. The average molecular weight is 200 g/mol. The van der Waals surface area contributed by atoms with Gasteiger partial charge in [0.1, 0.15) is 5.75 Å². The average Bonchev–Trinajstić information content (AvgIpc) is 2.17. The molecule has 2 aromatic carbocycles. The quantitative estimate of drug-likeness (QED) is 0.713. The fourth-order valence-corrected chi connectivity index (χ4v) is 1.77. The first-order valence-electron chi connectivity index (χ1n) is 5.33. The third kappa shape index (κ3) is 2.12. The Balaban J connectivity index is 2.48. The van der Waals surface area contributed by atoms with Gasteiger partial charge in [-0.15, -0.1) is 0 Å². The number of ether oxygens (including phenoxy) is 1. The van der Waals surface area contributed by atoms with Crippen LogP contribution in [-0.2, 0) is 0 Å². The number of hydrogen-bond donors (Lipinski definition) is 0. The zero-order valence-corrected chi connectivity index (χ0v) is 9.45. The van der Waals surface area contributed by atoms with Gasteiger partial charge in [-0.2, -0.15) is 0 Å². The summed E-state index contributed by atoms with van der Waals surface area (Å²) in [6.07, 6.45) is 0.229. The van der Waals surface area contributed by atoms with Gasteiger partial charge in [-0.3, -0.25) is 0 Å². The van der Waals surface area contributed by atoms with Crippen molar-refractivity contribution >= 4 is 10.8 Å². The van der Waals surface area contributed by atoms with E-state index in [1.165, 1.54) is 16.3 Å². The lowest BCUT2D eigenvalue weighted by atomic mass is 10.1. The van der Waals surface area contributed by atoms with Crippen LogP contribution in [0.4, 0.5) is 0 Å². The molecule has 0 fully saturated rings. The van der Waals surface area contributed by atoms with Gasteiger partial charge >= 0.3 is 0 Å². The highest BCUT2D eigenvalue weighted by atomic mass is 16.5. The van der Waals surface area contributed by atoms with Crippen molar-refractivity contribution in [3.63, 3.8) is 0 Å². The van der Waals surface area contributed by atoms with Crippen LogP contribution in [0.25, 0.3) is 10.8 Å². The Bertz CT molecular complexity index is 472. The molecule has 0 bridgehead atoms. The summed E-state index contributed by atoms with van der Waals surface area (Å²) < 4.78 is 5.66. The minimum Gasteiger partial charge on any atom is -0.491 e. The molecule has 2 rings (SSSR count). The van der Waals surface area contributed by atoms with Crippen LogP contribution in [-0.4, -0.2) is 6.10 Å². The second-order valence-corrected chi connectivity index (χ2v) is 4.12. The number of hydrogen-bond acceptors (Lipinski definition) is 1. The van der Waals surface area contributed by atoms with Crippen LogP contribution in [0, 0.1) is 6.92 Å². The second kappa shape index (κ2) is 3.93. The summed E-state index contributed by atoms with van der Waals surface area (Å²) >= 11 is 0. The fraction of sp³-hybridized carbons (Fsp3) is 0.286. The molecule has 0 aliphatic rings. The van der Waals surface area contributed by atoms with Gasteiger partial charge < -0.3 is 4.74 Å². The van der Waals surface area contributed by atoms with Crippen molar-refractivity contribution < 1.29 is 4.74 Å². The molecule has 1 nitrogen and oxygen atoms in total. The van der Waals surface area contributed by atoms with Crippen LogP contribution >= 0.6 is 0 Å². The number of benzene rings is 2. The Morgan fingerprint density at radius 3 is 2.60 bits per heavy atom. The van der Waals surface area contributed by atoms with Crippen LogP contribution in [0.5, 0.6) is 5.75 Å². The summed E-state index contributed by atoms with van der Waals surface area (Å²) in [6, 6.07) is 12.6. The lowest BCUT2D eigenvalue weighted by Gasteiger charge is -2.10. The van der Waals surface area contributed by atoms with Crippen LogP contribution in [0.2, 0.25) is 0 Å². The molecule has 78 valence electrons. The molecule has 15 heavy (non-hydrogen) atoms. The molecule has 0 unspecified atom stereocenters. The number of aryl methyl sites for hydroxylation is 1. The highest BCUT2D eigenvalue weighted by Crippen LogP contribution is 2.23. The largest absolute Gasteiger partial charge is 0.491 e. The summed E-state index contributed by atoms with van der Waals surface area (Å²) in [4.78, 5) is 0. The van der Waals surface area contributed by atoms with E-state index in [4.69, 9.17) is 4.74 Å². The monoisotopic (exact) mass is 200 g/mol. The van der Waals surface area contributed by atoms with E-state index in [0.717, 1.165) is 5.75 Å². The van der Waals surface area contributed by atoms with Gasteiger partial charge in [-0.25, -0.2) is 0 Å². The number of fused-ring (bicyclic) bond motifs is 1. The zero-order valence-electron chi connectivity index (χ0n) is 9.45. The Morgan fingerprint density at radius 1 is 1.07 bits per heavy atom. The first kappa shape index (κ1) is 10.0. The molecule has 0 amide bonds. The predicted octanol–water partition coefficient (Wildman–Crippen LogP) is 3.94. The van der Waals surface area contributed by atoms with Crippen LogP contribution in [0.3, 0.4) is 0 Å². The minimum absolute atomic E-state index is 0.229. The van der Waals surface area contributed by atoms with E-state index in [-0.39, 0.29) is 6.10 Å². The molecule has 2 aromatic rings. The lowest BCUT2D eigenvalue weighted by molar-refractivity contribution is 0.243. The second-order valence-electron chi connectivity index (χ2n) is 4.12. The van der Waals surface area contributed by atoms with Gasteiger partial charge in [-0.05, 0) is 49.2 Å². The standard InChI is InChI=1S/C14H16O/c1-10(2)15-13-7-8-14-11(3)5-4-6-12(14)9-13/h4-10H,1-3H3. The maximum absolute atomic E-state index is 5.66. The first-order valence-corrected chi connectivity index (χ1v) is 5.33. The van der Waals surface area contributed by atoms with Gasteiger partial charge in [0.15, 0.2) is 0 Å². The first-order chi connectivity index (χ1) is 7.16. The molecule has 0 spiro atoms. The van der Waals surface area contributed by atoms with Crippen molar-refractivity contribution in [2.45, 2.75) is 26.9 Å². The molecule has 0 radical (unpaired) electrons. The van der Waals surface area contributed by atoms with Gasteiger partial charge in [0.05, 0.1) is 6.10 Å². The molecule has 1 heteroatoms. The van der Waals surface area contributed by atoms with E-state index in [1.54, 1.807) is 0 Å². The fourth-order valence-electron chi connectivity index (χ4n) is 1.77. The van der Waals surface area contributed by atoms with E-state index < -0.39 is 0 Å². The van der Waals surface area contributed by atoms with Crippen LogP contribution in [0.15, 0.2) is 36.4 Å². The Labute approximate surface area is 90.7 Å². The molecule has 0 saturated carbocycles. The highest BCUT2D eigenvalue weighted by Gasteiger charge is 2.00. The van der Waals surface area contributed by atoms with Crippen molar-refractivity contribution in [2.75, 3.05) is 0 Å². The van der Waals surface area contributed by atoms with E-state index in [0.29, 0.717) is 0 Å². The van der Waals surface area contributed by atoms with Gasteiger partial charge in [0.25, 0.3) is 0 Å². The molecular formula is C14H16O. The topological polar surface area (TPSA) is 9.23 Å². The van der Waals surface area contributed by atoms with E-state index in [9.17, 15) is 0 Å². The molecule has 0 aliphatic carbocycles. The summed E-state index contributed by atoms with van der Waals surface area (Å²) in [7, 11) is 0. The predicted molar refractivity (Wildman–Crippen MR) is 64.4 cm³/mol. The summed E-state index contributed by atoms with van der Waals surface area (Å²) in [5.74, 6) is 0.947. The van der Waals surface area contributed by atoms with Crippen molar-refractivity contribution in [2.24, 2.45) is 0 Å². The summed E-state index contributed by atoms with van der Waals surface area (Å²) in [5, 5.41) is 2.54. The Hall–Kier alpha value is -1.50. The van der Waals surface area contributed by atoms with E-state index in [1.807, 2.05) is 19.9 Å². The van der Waals surface area contributed by atoms with Gasteiger partial charge in [0.2, 0.25) is 0 Å². The van der Waals surface area contributed by atoms with Crippen LogP contribution < -0.4 is 4.74 Å². The third-order valence-corrected chi connectivity index (χ3v) is 2.44. The van der Waals surface area contributed by atoms with Crippen molar-refractivity contribution in [1.29, 1.82) is 0 Å². The van der Waals surface area contributed by atoms with Crippen molar-refractivity contribution in [1.82, 2.24) is 0 Å². The lowest BCUT2D eigenvalue weighted by Crippen LogP contribution is -2.05. The molecular weight excluding hydrogens is 184 g/mol. The van der Waals surface area contributed by atoms with Gasteiger partial charge in [0, 0.05) is 0 Å². The number of rotatable bonds is 2. The van der Waals surface area contributed by atoms with Crippen molar-refractivity contribution in [3.05, 3.63) is 42.0 Å². The maximum Gasteiger partial charge on any atom is 0.120 e. The Morgan fingerprint density at radius 2 is 1.87 bits per heavy atom. The normalized spacial score (nSPS) is 10.9. The van der Waals surface area contributed by atoms with Gasteiger partial charge in [-0.1, -0.05) is 24.3 Å². The van der Waals surface area contributed by atoms with Crippen LogP contribution in [0.1, 0.15) is 19.4 Å². The summed E-state index contributed by atoms with van der Waals surface area (Å²) in [6.45, 7) is 6.21. The zero-order chi connectivity index (χ0) is 10.8. The molecule has 0 saturated heterocycles. The van der Waals surface area contributed by atoms with E-state index >= 15 is 0 Å². The SMILES string of the molecule is Cc1cccc2cc(OC(C)C)ccc12. The molecule has 0 N–H and O–H groups in total. The highest BCUT2D eigenvalue weighted by molar-refractivity contribution is 5.86. The molecule has 0 atom stereocenters.